The summed E-state index contributed by atoms with van der Waals surface area (Å²) in [4.78, 5) is 78.3. The molecule has 5 atom stereocenters. The number of rotatable bonds is 16. The molecule has 2 saturated carbocycles. The number of nitrogens with one attached hydrogen (secondary N) is 2. The fraction of sp³-hybridized carbons (Fsp3) is 0.560. The average Bonchev–Trinajstić information content (AvgIpc) is 4.20. The molecular formula is C50H65N5O10S. The van der Waals surface area contributed by atoms with E-state index >= 15 is 4.79 Å². The number of nitrogens with zero attached hydrogens (tertiary/aromatic N) is 3. The van der Waals surface area contributed by atoms with Crippen LogP contribution in [0.25, 0.3) is 22.2 Å². The smallest absolute Gasteiger partial charge is 0.407 e. The third-order valence-electron chi connectivity index (χ3n) is 13.4. The van der Waals surface area contributed by atoms with Crippen LogP contribution >= 0.6 is 0 Å². The molecule has 4 aliphatic rings. The van der Waals surface area contributed by atoms with Gasteiger partial charge in [-0.3, -0.25) is 23.9 Å². The molecule has 356 valence electrons. The van der Waals surface area contributed by atoms with E-state index in [2.05, 4.69) is 16.6 Å². The van der Waals surface area contributed by atoms with E-state index in [0.29, 0.717) is 73.4 Å². The number of amides is 4. The lowest BCUT2D eigenvalue weighted by Gasteiger charge is -2.37. The first-order chi connectivity index (χ1) is 31.1. The predicted octanol–water partition coefficient (Wildman–Crippen LogP) is 6.83. The van der Waals surface area contributed by atoms with Crippen molar-refractivity contribution in [3.05, 3.63) is 67.3 Å². The summed E-state index contributed by atoms with van der Waals surface area (Å²) >= 11 is 0. The van der Waals surface area contributed by atoms with Gasteiger partial charge in [-0.2, -0.15) is 0 Å². The Kier molecular flexibility index (Phi) is 13.9. The van der Waals surface area contributed by atoms with Crippen molar-refractivity contribution < 1.29 is 46.6 Å². The first-order valence-electron chi connectivity index (χ1n) is 23.1. The Morgan fingerprint density at radius 3 is 2.27 bits per heavy atom. The maximum absolute atomic E-state index is 15.1. The quantitative estimate of drug-likeness (QED) is 0.143. The summed E-state index contributed by atoms with van der Waals surface area (Å²) in [7, 11) is -2.32. The molecule has 0 spiro atoms. The number of sulfonamides is 1. The van der Waals surface area contributed by atoms with Crippen LogP contribution in [0, 0.1) is 28.6 Å². The zero-order chi connectivity index (χ0) is 47.8. The zero-order valence-electron chi connectivity index (χ0n) is 39.3. The number of methoxy groups -OCH3 is 1. The van der Waals surface area contributed by atoms with E-state index in [1.54, 1.807) is 38.9 Å². The van der Waals surface area contributed by atoms with E-state index in [1.165, 1.54) is 4.90 Å². The van der Waals surface area contributed by atoms with Crippen molar-refractivity contribution in [1.82, 2.24) is 24.8 Å². The van der Waals surface area contributed by atoms with Gasteiger partial charge in [0.15, 0.2) is 5.78 Å². The topological polar surface area (TPSA) is 191 Å². The first-order valence-corrected chi connectivity index (χ1v) is 24.6. The van der Waals surface area contributed by atoms with Crippen LogP contribution in [-0.2, 0) is 33.9 Å². The van der Waals surface area contributed by atoms with Crippen LogP contribution in [0.2, 0.25) is 0 Å². The highest BCUT2D eigenvalue weighted by molar-refractivity contribution is 7.90. The van der Waals surface area contributed by atoms with Gasteiger partial charge in [0.2, 0.25) is 27.7 Å². The SMILES string of the molecule is C=C[C@@H]1C[C@]1(CC(=O)[C@@H]1C[C@@H](Oc2cc(-c3ccccc3)nc3cc(OC)ccc23)CN1C(=O)[C@@H](CC(=O)N1CCC(CNC(=O)OC(C)(C)C)CC1)C(C)(C)C)C(=O)NS(=O)(=O)C1CC1. The minimum atomic E-state index is -3.89. The highest BCUT2D eigenvalue weighted by atomic mass is 32.2. The van der Waals surface area contributed by atoms with Crippen molar-refractivity contribution in [3.63, 3.8) is 0 Å². The fourth-order valence-corrected chi connectivity index (χ4v) is 10.7. The number of hydrogen-bond acceptors (Lipinski definition) is 11. The Morgan fingerprint density at radius 2 is 1.67 bits per heavy atom. The van der Waals surface area contributed by atoms with E-state index in [4.69, 9.17) is 19.2 Å². The second-order valence-electron chi connectivity index (χ2n) is 20.6. The van der Waals surface area contributed by atoms with Gasteiger partial charge in [0.25, 0.3) is 0 Å². The first kappa shape index (κ1) is 48.4. The molecule has 0 bridgehead atoms. The van der Waals surface area contributed by atoms with Crippen LogP contribution in [0.5, 0.6) is 11.5 Å². The van der Waals surface area contributed by atoms with Gasteiger partial charge >= 0.3 is 6.09 Å². The molecule has 15 nitrogen and oxygen atoms in total. The van der Waals surface area contributed by atoms with Gasteiger partial charge in [0.05, 0.1) is 47.5 Å². The molecule has 2 saturated heterocycles. The van der Waals surface area contributed by atoms with Crippen LogP contribution in [0.3, 0.4) is 0 Å². The number of ether oxygens (including phenoxy) is 3. The van der Waals surface area contributed by atoms with Crippen molar-refractivity contribution in [2.75, 3.05) is 33.3 Å². The van der Waals surface area contributed by atoms with E-state index in [9.17, 15) is 27.6 Å². The molecular weight excluding hydrogens is 863 g/mol. The minimum absolute atomic E-state index is 0.0207. The summed E-state index contributed by atoms with van der Waals surface area (Å²) < 4.78 is 45.8. The standard InChI is InChI=1S/C50H65N5O10S/c1-9-33-27-50(33,46(59)53-66(61,62)36-16-17-36)28-42(56)41-24-35(64-43-26-39(32-13-11-10-12-14-32)52-40-23-34(63-8)15-18-37(40)43)30-55(41)45(58)38(48(2,3)4)25-44(57)54-21-19-31(20-22-54)29-51-47(60)65-49(5,6)7/h9-15,18,23,26,31,33,35-36,38,41H,1,16-17,19-22,24-25,27-30H2,2-8H3,(H,51,60)(H,53,59)/t33-,35-,38-,41+,50-/m1/s1. The summed E-state index contributed by atoms with van der Waals surface area (Å²) in [6, 6.07) is 15.9. The molecule has 4 fully saturated rings. The van der Waals surface area contributed by atoms with E-state index in [0.717, 1.165) is 5.56 Å². The Morgan fingerprint density at radius 1 is 0.970 bits per heavy atom. The second-order valence-corrected chi connectivity index (χ2v) is 22.5. The number of aromatic nitrogens is 1. The predicted molar refractivity (Wildman–Crippen MR) is 250 cm³/mol. The maximum atomic E-state index is 15.1. The number of ketones is 1. The molecule has 2 N–H and O–H groups in total. The maximum Gasteiger partial charge on any atom is 0.407 e. The van der Waals surface area contributed by atoms with Crippen LogP contribution in [0.15, 0.2) is 67.3 Å². The van der Waals surface area contributed by atoms with Crippen molar-refractivity contribution in [2.45, 2.75) is 116 Å². The number of alkyl carbamates (subject to hydrolysis) is 1. The van der Waals surface area contributed by atoms with Gasteiger partial charge in [-0.1, -0.05) is 57.2 Å². The van der Waals surface area contributed by atoms with Gasteiger partial charge in [-0.25, -0.2) is 18.2 Å². The minimum Gasteiger partial charge on any atom is -0.497 e. The Balaban J connectivity index is 1.14. The highest BCUT2D eigenvalue weighted by Gasteiger charge is 2.61. The molecule has 7 rings (SSSR count). The summed E-state index contributed by atoms with van der Waals surface area (Å²) in [6.07, 6.45) is 2.64. The van der Waals surface area contributed by atoms with Gasteiger partial charge in [0.1, 0.15) is 23.2 Å². The van der Waals surface area contributed by atoms with Crippen LogP contribution in [0.1, 0.15) is 92.9 Å². The van der Waals surface area contributed by atoms with Gasteiger partial charge in [-0.15, -0.1) is 6.58 Å². The number of benzene rings is 2. The molecule has 1 aromatic heterocycles. The number of Topliss-reactive ketones (excluding diaryl/α,β-unsaturated/α-hetero) is 1. The molecule has 0 radical (unpaired) electrons. The highest BCUT2D eigenvalue weighted by Crippen LogP contribution is 2.57. The Hall–Kier alpha value is -5.51. The second kappa shape index (κ2) is 19.0. The number of pyridine rings is 1. The largest absolute Gasteiger partial charge is 0.497 e. The van der Waals surface area contributed by atoms with Crippen LogP contribution in [-0.4, -0.2) is 109 Å². The van der Waals surface area contributed by atoms with Crippen molar-refractivity contribution in [2.24, 2.45) is 28.6 Å². The number of allylic oxidation sites excluding steroid dienone is 1. The van der Waals surface area contributed by atoms with E-state index in [-0.39, 0.29) is 50.0 Å². The van der Waals surface area contributed by atoms with E-state index < -0.39 is 73.5 Å². The normalized spacial score (nSPS) is 22.9. The number of piperidine rings is 1. The summed E-state index contributed by atoms with van der Waals surface area (Å²) in [5.74, 6) is -1.68. The number of fused-ring (bicyclic) bond motifs is 1. The Bertz CT molecular complexity index is 2450. The van der Waals surface area contributed by atoms with Crippen LogP contribution < -0.4 is 19.5 Å². The summed E-state index contributed by atoms with van der Waals surface area (Å²) in [5, 5.41) is 2.91. The lowest BCUT2D eigenvalue weighted by atomic mass is 9.77. The number of hydrogen-bond donors (Lipinski definition) is 2. The van der Waals surface area contributed by atoms with Crippen molar-refractivity contribution in [3.8, 4) is 22.8 Å². The molecule has 2 aromatic carbocycles. The molecule has 0 unspecified atom stereocenters. The van der Waals surface area contributed by atoms with Crippen molar-refractivity contribution in [1.29, 1.82) is 0 Å². The van der Waals surface area contributed by atoms with Crippen molar-refractivity contribution >= 4 is 50.5 Å². The molecule has 16 heteroatoms. The monoisotopic (exact) mass is 927 g/mol. The third kappa shape index (κ3) is 11.2. The lowest BCUT2D eigenvalue weighted by Crippen LogP contribution is -2.50. The molecule has 3 heterocycles. The molecule has 66 heavy (non-hydrogen) atoms. The zero-order valence-corrected chi connectivity index (χ0v) is 40.1. The third-order valence-corrected chi connectivity index (χ3v) is 15.3. The fourth-order valence-electron chi connectivity index (χ4n) is 9.27. The van der Waals surface area contributed by atoms with Gasteiger partial charge in [-0.05, 0) is 82.3 Å². The number of likely N-dealkylation sites (tertiary alicyclic amines) is 2. The Labute approximate surface area is 388 Å². The molecule has 2 aliphatic carbocycles. The number of carbonyl (C=O) groups is 5. The molecule has 4 amide bonds. The van der Waals surface area contributed by atoms with Gasteiger partial charge in [0, 0.05) is 62.0 Å². The summed E-state index contributed by atoms with van der Waals surface area (Å²) in [5.41, 5.74) is -0.514. The van der Waals surface area contributed by atoms with Gasteiger partial charge < -0.3 is 29.3 Å². The molecule has 2 aliphatic heterocycles. The average molecular weight is 928 g/mol. The summed E-state index contributed by atoms with van der Waals surface area (Å²) in [6.45, 7) is 16.4. The number of carbonyl (C=O) groups excluding carboxylic acids is 5. The van der Waals surface area contributed by atoms with Crippen LogP contribution in [0.4, 0.5) is 4.79 Å². The molecule has 3 aromatic rings. The van der Waals surface area contributed by atoms with E-state index in [1.807, 2.05) is 75.4 Å². The lowest BCUT2D eigenvalue weighted by molar-refractivity contribution is -0.148.